The molecule has 1 amide bonds. The maximum atomic E-state index is 13.1. The molecule has 1 aliphatic rings. The average Bonchev–Trinajstić information content (AvgIpc) is 2.74. The van der Waals surface area contributed by atoms with E-state index in [1.807, 2.05) is 0 Å². The normalized spacial score (nSPS) is 20.6. The van der Waals surface area contributed by atoms with Crippen molar-refractivity contribution in [3.05, 3.63) is 63.6 Å². The van der Waals surface area contributed by atoms with Crippen LogP contribution in [-0.2, 0) is 11.0 Å². The Morgan fingerprint density at radius 2 is 1.76 bits per heavy atom. The Bertz CT molecular complexity index is 1010. The number of rotatable bonds is 6. The third-order valence-corrected chi connectivity index (χ3v) is 7.74. The Balaban J connectivity index is 1.84. The van der Waals surface area contributed by atoms with E-state index in [4.69, 9.17) is 23.2 Å². The van der Waals surface area contributed by atoms with Crippen molar-refractivity contribution >= 4 is 45.8 Å². The van der Waals surface area contributed by atoms with Crippen molar-refractivity contribution in [3.8, 4) is 0 Å². The number of benzene rings is 2. The zero-order valence-corrected chi connectivity index (χ0v) is 20.3. The van der Waals surface area contributed by atoms with Crippen LogP contribution in [0.5, 0.6) is 0 Å². The average molecular weight is 542 g/mol. The van der Waals surface area contributed by atoms with Crippen LogP contribution in [0.4, 0.5) is 18.9 Å². The van der Waals surface area contributed by atoms with Crippen molar-refractivity contribution in [2.75, 3.05) is 30.5 Å². The van der Waals surface area contributed by atoms with Crippen molar-refractivity contribution in [1.82, 2.24) is 9.62 Å². The summed E-state index contributed by atoms with van der Waals surface area (Å²) < 4.78 is 63.5. The Morgan fingerprint density at radius 3 is 2.29 bits per heavy atom. The predicted octanol–water partition coefficient (Wildman–Crippen LogP) is 5.20. The highest BCUT2D eigenvalue weighted by atomic mass is 35.5. The Labute approximate surface area is 206 Å². The van der Waals surface area contributed by atoms with Gasteiger partial charge in [-0.05, 0) is 34.6 Å². The molecule has 2 aromatic carbocycles. The van der Waals surface area contributed by atoms with Gasteiger partial charge in [-0.2, -0.15) is 17.5 Å². The number of hydrogen-bond acceptors (Lipinski definition) is 6. The van der Waals surface area contributed by atoms with Crippen molar-refractivity contribution in [1.29, 1.82) is 0 Å². The fourth-order valence-corrected chi connectivity index (χ4v) is 6.39. The molecule has 1 saturated heterocycles. The summed E-state index contributed by atoms with van der Waals surface area (Å²) in [5.41, 5.74) is -0.562. The Hall–Kier alpha value is -1.73. The molecular weight excluding hydrogens is 518 g/mol. The summed E-state index contributed by atoms with van der Waals surface area (Å²) in [4.78, 5) is 12.7. The minimum absolute atomic E-state index is 0.0362. The Morgan fingerprint density at radius 1 is 1.18 bits per heavy atom. The lowest BCUT2D eigenvalue weighted by Crippen LogP contribution is -2.52. The molecule has 4 N–H and O–H groups in total. The number of anilines is 1. The first kappa shape index (κ1) is 26.9. The highest BCUT2D eigenvalue weighted by Gasteiger charge is 2.41. The molecule has 0 aromatic heterocycles. The molecule has 0 spiro atoms. The van der Waals surface area contributed by atoms with E-state index in [-0.39, 0.29) is 31.3 Å². The molecule has 188 valence electrons. The van der Waals surface area contributed by atoms with E-state index in [0.29, 0.717) is 17.7 Å². The summed E-state index contributed by atoms with van der Waals surface area (Å²) >= 11 is 12.2. The first-order valence-electron chi connectivity index (χ1n) is 10.2. The van der Waals surface area contributed by atoms with Gasteiger partial charge in [0.1, 0.15) is 0 Å². The minimum Gasteiger partial charge on any atom is -0.394 e. The van der Waals surface area contributed by atoms with Gasteiger partial charge >= 0.3 is 6.18 Å². The molecule has 1 aliphatic heterocycles. The van der Waals surface area contributed by atoms with Gasteiger partial charge in [-0.15, -0.1) is 0 Å². The van der Waals surface area contributed by atoms with Crippen molar-refractivity contribution in [2.24, 2.45) is 5.92 Å². The van der Waals surface area contributed by atoms with Gasteiger partial charge in [0.25, 0.3) is 0 Å². The summed E-state index contributed by atoms with van der Waals surface area (Å²) in [7, 11) is -3.85. The van der Waals surface area contributed by atoms with E-state index in [9.17, 15) is 32.2 Å². The number of aliphatic hydroxyl groups excluding tert-OH is 1. The molecule has 13 heteroatoms. The van der Waals surface area contributed by atoms with E-state index in [0.717, 1.165) is 8.61 Å². The highest BCUT2D eigenvalue weighted by Crippen LogP contribution is 2.56. The van der Waals surface area contributed by atoms with E-state index in [1.54, 1.807) is 37.3 Å². The molecule has 2 aromatic rings. The number of carbonyl (C=O) groups excluding carboxylic acids is 1. The van der Waals surface area contributed by atoms with Crippen molar-refractivity contribution in [2.45, 2.75) is 19.1 Å². The summed E-state index contributed by atoms with van der Waals surface area (Å²) in [6, 6.07) is 9.39. The number of nitrogens with zero attached hydrogens (tertiary/aromatic N) is 2. The zero-order valence-electron chi connectivity index (χ0n) is 18.0. The molecule has 1 heterocycles. The van der Waals surface area contributed by atoms with E-state index in [1.165, 1.54) is 0 Å². The van der Waals surface area contributed by atoms with Crippen LogP contribution >= 0.6 is 34.2 Å². The number of alkyl halides is 3. The van der Waals surface area contributed by atoms with E-state index in [2.05, 4.69) is 5.32 Å². The molecule has 0 aliphatic carbocycles. The van der Waals surface area contributed by atoms with E-state index < -0.39 is 51.2 Å². The molecule has 1 unspecified atom stereocenters. The number of nitrogens with one attached hydrogen (secondary N) is 1. The van der Waals surface area contributed by atoms with Crippen molar-refractivity contribution in [3.63, 3.8) is 0 Å². The first-order chi connectivity index (χ1) is 15.8. The van der Waals surface area contributed by atoms with E-state index >= 15 is 0 Å². The quantitative estimate of drug-likeness (QED) is 0.401. The number of aliphatic hydroxyl groups is 1. The second kappa shape index (κ2) is 10.5. The largest absolute Gasteiger partial charge is 0.416 e. The highest BCUT2D eigenvalue weighted by molar-refractivity contribution is 8.23. The van der Waals surface area contributed by atoms with Crippen LogP contribution in [0.3, 0.4) is 0 Å². The smallest absolute Gasteiger partial charge is 0.394 e. The van der Waals surface area contributed by atoms with Gasteiger partial charge in [-0.1, -0.05) is 60.5 Å². The van der Waals surface area contributed by atoms with Crippen LogP contribution in [0.25, 0.3) is 0 Å². The lowest BCUT2D eigenvalue weighted by Gasteiger charge is -2.55. The summed E-state index contributed by atoms with van der Waals surface area (Å²) in [6.07, 6.45) is -4.69. The molecule has 0 saturated carbocycles. The van der Waals surface area contributed by atoms with Crippen LogP contribution in [0.2, 0.25) is 10.0 Å². The third-order valence-electron chi connectivity index (χ3n) is 5.27. The van der Waals surface area contributed by atoms with Crippen LogP contribution in [0.15, 0.2) is 42.5 Å². The van der Waals surface area contributed by atoms with Gasteiger partial charge in [-0.25, -0.2) is 0 Å². The van der Waals surface area contributed by atoms with Crippen LogP contribution in [0.1, 0.15) is 24.1 Å². The second-order valence-corrected chi connectivity index (χ2v) is 10.7. The molecule has 1 fully saturated rings. The molecule has 2 atom stereocenters. The lowest BCUT2D eigenvalue weighted by molar-refractivity contribution is -0.137. The second-order valence-electron chi connectivity index (χ2n) is 7.98. The van der Waals surface area contributed by atoms with Gasteiger partial charge in [0, 0.05) is 13.1 Å². The topological polar surface area (TPSA) is 96.3 Å². The molecule has 7 nitrogen and oxygen atoms in total. The molecule has 0 bridgehead atoms. The van der Waals surface area contributed by atoms with Crippen molar-refractivity contribution < 1.29 is 32.2 Å². The molecule has 3 rings (SSSR count). The summed E-state index contributed by atoms with van der Waals surface area (Å²) in [5.74, 6) is -0.800. The van der Waals surface area contributed by atoms with Gasteiger partial charge in [0.05, 0.1) is 40.5 Å². The lowest BCUT2D eigenvalue weighted by atomic mass is 10.1. The minimum atomic E-state index is -4.69. The zero-order chi connectivity index (χ0) is 25.3. The molecule has 0 radical (unpaired) electrons. The van der Waals surface area contributed by atoms with Gasteiger partial charge in [-0.3, -0.25) is 18.2 Å². The maximum absolute atomic E-state index is 13.1. The summed E-state index contributed by atoms with van der Waals surface area (Å²) in [5, 5.41) is 11.5. The SMILES string of the molecule is CC1CN(CC(=O)N[C@H](CO)c2ccccc2)S(O)(O)N(c2c(Cl)cc(C(F)(F)F)cc2Cl)C1. The maximum Gasteiger partial charge on any atom is 0.416 e. The van der Waals surface area contributed by atoms with Crippen LogP contribution in [0, 0.1) is 5.92 Å². The Kier molecular flexibility index (Phi) is 8.29. The molecular formula is C21H24Cl2F3N3O4S. The summed E-state index contributed by atoms with van der Waals surface area (Å²) in [6.45, 7) is 1.12. The van der Waals surface area contributed by atoms with Gasteiger partial charge in [0.15, 0.2) is 0 Å². The van der Waals surface area contributed by atoms with Crippen LogP contribution in [-0.4, -0.2) is 50.7 Å². The predicted molar refractivity (Wildman–Crippen MR) is 127 cm³/mol. The number of hydrogen-bond donors (Lipinski definition) is 4. The monoisotopic (exact) mass is 541 g/mol. The number of halogens is 5. The first-order valence-corrected chi connectivity index (χ1v) is 12.4. The molecule has 34 heavy (non-hydrogen) atoms. The fraction of sp³-hybridized carbons (Fsp3) is 0.381. The van der Waals surface area contributed by atoms with Gasteiger partial charge < -0.3 is 10.4 Å². The number of amides is 1. The van der Waals surface area contributed by atoms with Crippen LogP contribution < -0.4 is 9.62 Å². The standard InChI is InChI=1S/C21H24Cl2F3N3O4S/c1-13-9-28(11-19(31)27-18(12-30)14-5-3-2-4-6-14)34(32,33)29(10-13)20-16(22)7-15(8-17(20)23)21(24,25)26/h2-8,13,18,30,32-33H,9-12H2,1H3,(H,27,31)/t13?,18-/m1/s1. The fourth-order valence-electron chi connectivity index (χ4n) is 3.68. The van der Waals surface area contributed by atoms with Gasteiger partial charge in [0.2, 0.25) is 5.91 Å². The third kappa shape index (κ3) is 5.91. The number of carbonyl (C=O) groups is 1.